The van der Waals surface area contributed by atoms with Crippen molar-refractivity contribution in [2.45, 2.75) is 32.4 Å². The van der Waals surface area contributed by atoms with Crippen LogP contribution in [-0.2, 0) is 6.54 Å². The highest BCUT2D eigenvalue weighted by Crippen LogP contribution is 2.24. The van der Waals surface area contributed by atoms with Gasteiger partial charge in [0, 0.05) is 36.8 Å². The van der Waals surface area contributed by atoms with Gasteiger partial charge in [-0.25, -0.2) is 4.98 Å². The SMILES string of the molecule is CN=C(NCc1nc(-c2ccccc2)cs1)NC(C)c1cccc(N2CCCC2)c1.I. The molecule has 1 aliphatic heterocycles. The topological polar surface area (TPSA) is 52.6 Å². The molecule has 164 valence electrons. The molecule has 1 saturated heterocycles. The van der Waals surface area contributed by atoms with E-state index < -0.39 is 0 Å². The molecule has 4 rings (SSSR count). The average Bonchev–Trinajstić information content (AvgIpc) is 3.50. The van der Waals surface area contributed by atoms with Gasteiger partial charge in [-0.15, -0.1) is 35.3 Å². The summed E-state index contributed by atoms with van der Waals surface area (Å²) >= 11 is 1.67. The normalized spacial score (nSPS) is 14.8. The molecular weight excluding hydrogens is 517 g/mol. The quantitative estimate of drug-likeness (QED) is 0.245. The van der Waals surface area contributed by atoms with Crippen LogP contribution in [0.2, 0.25) is 0 Å². The lowest BCUT2D eigenvalue weighted by Gasteiger charge is -2.22. The number of benzene rings is 2. The van der Waals surface area contributed by atoms with Crippen molar-refractivity contribution in [3.05, 3.63) is 70.5 Å². The number of rotatable bonds is 6. The molecule has 2 aromatic carbocycles. The molecule has 0 spiro atoms. The molecule has 1 atom stereocenters. The predicted molar refractivity (Wildman–Crippen MR) is 143 cm³/mol. The van der Waals surface area contributed by atoms with Crippen LogP contribution in [0.5, 0.6) is 0 Å². The van der Waals surface area contributed by atoms with Crippen LogP contribution in [0.3, 0.4) is 0 Å². The summed E-state index contributed by atoms with van der Waals surface area (Å²) in [5, 5.41) is 10.1. The minimum atomic E-state index is 0. The van der Waals surface area contributed by atoms with E-state index in [1.165, 1.54) is 24.1 Å². The van der Waals surface area contributed by atoms with E-state index in [4.69, 9.17) is 4.98 Å². The number of anilines is 1. The zero-order valence-electron chi connectivity index (χ0n) is 18.0. The molecular formula is C24H30IN5S. The Morgan fingerprint density at radius 2 is 1.90 bits per heavy atom. The maximum Gasteiger partial charge on any atom is 0.191 e. The largest absolute Gasteiger partial charge is 0.372 e. The minimum Gasteiger partial charge on any atom is -0.372 e. The summed E-state index contributed by atoms with van der Waals surface area (Å²) in [6, 6.07) is 19.3. The highest BCUT2D eigenvalue weighted by atomic mass is 127. The van der Waals surface area contributed by atoms with Gasteiger partial charge in [0.2, 0.25) is 0 Å². The van der Waals surface area contributed by atoms with Crippen molar-refractivity contribution in [3.63, 3.8) is 0 Å². The first-order valence-electron chi connectivity index (χ1n) is 10.5. The van der Waals surface area contributed by atoms with Crippen LogP contribution in [0.15, 0.2) is 65.0 Å². The lowest BCUT2D eigenvalue weighted by Crippen LogP contribution is -2.38. The molecule has 1 aliphatic rings. The van der Waals surface area contributed by atoms with Gasteiger partial charge in [-0.3, -0.25) is 4.99 Å². The standard InChI is InChI=1S/C24H29N5S.HI/c1-18(20-11-8-12-21(15-20)29-13-6-7-14-29)27-24(25-2)26-16-23-28-22(17-30-23)19-9-4-3-5-10-19;/h3-5,8-12,15,17-18H,6-7,13-14,16H2,1-2H3,(H2,25,26,27);1H. The first-order valence-corrected chi connectivity index (χ1v) is 11.4. The van der Waals surface area contributed by atoms with Crippen molar-refractivity contribution in [2.24, 2.45) is 4.99 Å². The van der Waals surface area contributed by atoms with E-state index in [-0.39, 0.29) is 30.0 Å². The fourth-order valence-corrected chi connectivity index (χ4v) is 4.49. The monoisotopic (exact) mass is 547 g/mol. The van der Waals surface area contributed by atoms with E-state index >= 15 is 0 Å². The molecule has 1 aromatic heterocycles. The van der Waals surface area contributed by atoms with Crippen molar-refractivity contribution < 1.29 is 0 Å². The number of hydrogen-bond donors (Lipinski definition) is 2. The third-order valence-corrected chi connectivity index (χ3v) is 6.30. The summed E-state index contributed by atoms with van der Waals surface area (Å²) in [5.74, 6) is 0.783. The Kier molecular flexibility index (Phi) is 8.71. The van der Waals surface area contributed by atoms with Crippen molar-refractivity contribution in [2.75, 3.05) is 25.0 Å². The van der Waals surface area contributed by atoms with Crippen LogP contribution >= 0.6 is 35.3 Å². The maximum absolute atomic E-state index is 4.75. The number of hydrogen-bond acceptors (Lipinski definition) is 4. The number of aromatic nitrogens is 1. The van der Waals surface area contributed by atoms with Crippen LogP contribution in [-0.4, -0.2) is 31.1 Å². The zero-order valence-corrected chi connectivity index (χ0v) is 21.2. The summed E-state index contributed by atoms with van der Waals surface area (Å²) in [6.45, 7) is 5.14. The summed E-state index contributed by atoms with van der Waals surface area (Å²) < 4.78 is 0. The fraction of sp³-hybridized carbons (Fsp3) is 0.333. The van der Waals surface area contributed by atoms with Gasteiger partial charge in [0.15, 0.2) is 5.96 Å². The van der Waals surface area contributed by atoms with E-state index in [9.17, 15) is 0 Å². The molecule has 5 nitrogen and oxygen atoms in total. The van der Waals surface area contributed by atoms with E-state index in [1.54, 1.807) is 18.4 Å². The van der Waals surface area contributed by atoms with E-state index in [1.807, 2.05) is 18.2 Å². The smallest absolute Gasteiger partial charge is 0.191 e. The third-order valence-electron chi connectivity index (χ3n) is 5.45. The van der Waals surface area contributed by atoms with Gasteiger partial charge < -0.3 is 15.5 Å². The number of halogens is 1. The van der Waals surface area contributed by atoms with Gasteiger partial charge in [-0.2, -0.15) is 0 Å². The third kappa shape index (κ3) is 6.20. The van der Waals surface area contributed by atoms with Crippen molar-refractivity contribution in [3.8, 4) is 11.3 Å². The van der Waals surface area contributed by atoms with Gasteiger partial charge in [-0.1, -0.05) is 42.5 Å². The van der Waals surface area contributed by atoms with Crippen LogP contribution in [0, 0.1) is 0 Å². The average molecular weight is 548 g/mol. The molecule has 31 heavy (non-hydrogen) atoms. The second-order valence-corrected chi connectivity index (χ2v) is 8.52. The van der Waals surface area contributed by atoms with Crippen molar-refractivity contribution in [1.82, 2.24) is 15.6 Å². The highest BCUT2D eigenvalue weighted by molar-refractivity contribution is 14.0. The van der Waals surface area contributed by atoms with Gasteiger partial charge >= 0.3 is 0 Å². The Labute approximate surface area is 206 Å². The summed E-state index contributed by atoms with van der Waals surface area (Å²) in [7, 11) is 1.81. The zero-order chi connectivity index (χ0) is 20.8. The van der Waals surface area contributed by atoms with E-state index in [0.29, 0.717) is 6.54 Å². The van der Waals surface area contributed by atoms with Gasteiger partial charge in [-0.05, 0) is 37.5 Å². The molecule has 0 saturated carbocycles. The number of aliphatic imine (C=N–C) groups is 1. The maximum atomic E-state index is 4.75. The van der Waals surface area contributed by atoms with Gasteiger partial charge in [0.25, 0.3) is 0 Å². The summed E-state index contributed by atoms with van der Waals surface area (Å²) in [4.78, 5) is 11.6. The Hall–Kier alpha value is -2.13. The second kappa shape index (κ2) is 11.5. The summed E-state index contributed by atoms with van der Waals surface area (Å²) in [6.07, 6.45) is 2.58. The van der Waals surface area contributed by atoms with Crippen LogP contribution < -0.4 is 15.5 Å². The Balaban J connectivity index is 0.00000272. The molecule has 0 bridgehead atoms. The van der Waals surface area contributed by atoms with E-state index in [0.717, 1.165) is 35.3 Å². The lowest BCUT2D eigenvalue weighted by atomic mass is 10.1. The highest BCUT2D eigenvalue weighted by Gasteiger charge is 2.14. The first-order chi connectivity index (χ1) is 14.7. The molecule has 3 aromatic rings. The molecule has 2 N–H and O–H groups in total. The second-order valence-electron chi connectivity index (χ2n) is 7.57. The number of thiazole rings is 1. The lowest BCUT2D eigenvalue weighted by molar-refractivity contribution is 0.684. The Morgan fingerprint density at radius 3 is 2.65 bits per heavy atom. The number of guanidine groups is 1. The predicted octanol–water partition coefficient (Wildman–Crippen LogP) is 5.45. The number of nitrogens with zero attached hydrogens (tertiary/aromatic N) is 3. The molecule has 7 heteroatoms. The fourth-order valence-electron chi connectivity index (χ4n) is 3.74. The van der Waals surface area contributed by atoms with Gasteiger partial charge in [0.1, 0.15) is 5.01 Å². The minimum absolute atomic E-state index is 0. The Morgan fingerprint density at radius 1 is 1.13 bits per heavy atom. The summed E-state index contributed by atoms with van der Waals surface area (Å²) in [5.41, 5.74) is 4.75. The molecule has 2 heterocycles. The van der Waals surface area contributed by atoms with E-state index in [2.05, 4.69) is 69.2 Å². The van der Waals surface area contributed by atoms with Crippen LogP contribution in [0.4, 0.5) is 5.69 Å². The Bertz CT molecular complexity index is 982. The molecule has 0 radical (unpaired) electrons. The van der Waals surface area contributed by atoms with Crippen molar-refractivity contribution >= 4 is 47.0 Å². The number of nitrogens with one attached hydrogen (secondary N) is 2. The molecule has 0 aliphatic carbocycles. The molecule has 0 amide bonds. The molecule has 1 fully saturated rings. The van der Waals surface area contributed by atoms with Crippen LogP contribution in [0.1, 0.15) is 36.4 Å². The van der Waals surface area contributed by atoms with Crippen LogP contribution in [0.25, 0.3) is 11.3 Å². The molecule has 1 unspecified atom stereocenters. The first kappa shape index (κ1) is 23.5. The van der Waals surface area contributed by atoms with Gasteiger partial charge in [0.05, 0.1) is 18.3 Å². The van der Waals surface area contributed by atoms with Crippen molar-refractivity contribution in [1.29, 1.82) is 0 Å².